The van der Waals surface area contributed by atoms with Gasteiger partial charge in [-0.3, -0.25) is 9.59 Å². The van der Waals surface area contributed by atoms with Crippen LogP contribution in [-0.2, 0) is 9.59 Å². The van der Waals surface area contributed by atoms with Gasteiger partial charge in [-0.1, -0.05) is 30.3 Å². The monoisotopic (exact) mass is 263 g/mol. The fourth-order valence-corrected chi connectivity index (χ4v) is 1.95. The maximum Gasteiger partial charge on any atom is 0.237 e. The fraction of sp³-hybridized carbons (Fsp3) is 0.429. The highest BCUT2D eigenvalue weighted by Crippen LogP contribution is 2.18. The molecule has 0 bridgehead atoms. The van der Waals surface area contributed by atoms with E-state index in [1.165, 1.54) is 4.90 Å². The number of hydrogen-bond acceptors (Lipinski definition) is 3. The molecule has 0 aliphatic heterocycles. The Balaban J connectivity index is 2.96. The average molecular weight is 263 g/mol. The SMILES string of the molecule is CC(C)N(CC(N)=O)C(=O)C(CN)c1ccccc1. The molecule has 5 nitrogen and oxygen atoms in total. The summed E-state index contributed by atoms with van der Waals surface area (Å²) in [5.41, 5.74) is 11.7. The molecule has 1 unspecified atom stereocenters. The Morgan fingerprint density at radius 3 is 2.21 bits per heavy atom. The highest BCUT2D eigenvalue weighted by Gasteiger charge is 2.27. The van der Waals surface area contributed by atoms with Crippen LogP contribution in [-0.4, -0.2) is 35.8 Å². The molecular formula is C14H21N3O2. The van der Waals surface area contributed by atoms with Gasteiger partial charge >= 0.3 is 0 Å². The van der Waals surface area contributed by atoms with Crippen molar-refractivity contribution in [2.75, 3.05) is 13.1 Å². The third-order valence-electron chi connectivity index (χ3n) is 2.97. The van der Waals surface area contributed by atoms with E-state index in [1.54, 1.807) is 0 Å². The third-order valence-corrected chi connectivity index (χ3v) is 2.97. The first-order valence-electron chi connectivity index (χ1n) is 6.31. The highest BCUT2D eigenvalue weighted by molar-refractivity contribution is 5.88. The van der Waals surface area contributed by atoms with E-state index in [1.807, 2.05) is 44.2 Å². The van der Waals surface area contributed by atoms with Crippen LogP contribution in [0.15, 0.2) is 30.3 Å². The van der Waals surface area contributed by atoms with Gasteiger partial charge in [0.2, 0.25) is 11.8 Å². The van der Waals surface area contributed by atoms with Crippen molar-refractivity contribution in [2.24, 2.45) is 11.5 Å². The lowest BCUT2D eigenvalue weighted by molar-refractivity contribution is -0.138. The standard InChI is InChI=1S/C14H21N3O2/c1-10(2)17(9-13(16)18)14(19)12(8-15)11-6-4-3-5-7-11/h3-7,10,12H,8-9,15H2,1-2H3,(H2,16,18). The van der Waals surface area contributed by atoms with Gasteiger partial charge in [0.1, 0.15) is 0 Å². The maximum atomic E-state index is 12.5. The van der Waals surface area contributed by atoms with Crippen molar-refractivity contribution in [3.05, 3.63) is 35.9 Å². The molecule has 0 fully saturated rings. The van der Waals surface area contributed by atoms with Crippen LogP contribution in [0.3, 0.4) is 0 Å². The second-order valence-electron chi connectivity index (χ2n) is 4.73. The molecule has 19 heavy (non-hydrogen) atoms. The van der Waals surface area contributed by atoms with Gasteiger partial charge in [0, 0.05) is 12.6 Å². The van der Waals surface area contributed by atoms with Crippen LogP contribution in [0.4, 0.5) is 0 Å². The molecule has 0 spiro atoms. The van der Waals surface area contributed by atoms with Crippen LogP contribution >= 0.6 is 0 Å². The zero-order valence-corrected chi connectivity index (χ0v) is 11.4. The van der Waals surface area contributed by atoms with Gasteiger partial charge in [0.05, 0.1) is 12.5 Å². The van der Waals surface area contributed by atoms with Crippen molar-refractivity contribution < 1.29 is 9.59 Å². The van der Waals surface area contributed by atoms with E-state index in [4.69, 9.17) is 11.5 Å². The Morgan fingerprint density at radius 1 is 1.21 bits per heavy atom. The van der Waals surface area contributed by atoms with Crippen LogP contribution < -0.4 is 11.5 Å². The smallest absolute Gasteiger partial charge is 0.237 e. The lowest BCUT2D eigenvalue weighted by Gasteiger charge is -2.29. The number of nitrogens with two attached hydrogens (primary N) is 2. The summed E-state index contributed by atoms with van der Waals surface area (Å²) < 4.78 is 0. The van der Waals surface area contributed by atoms with Gasteiger partial charge in [-0.05, 0) is 19.4 Å². The van der Waals surface area contributed by atoms with Crippen molar-refractivity contribution in [3.8, 4) is 0 Å². The lowest BCUT2D eigenvalue weighted by atomic mass is 9.97. The van der Waals surface area contributed by atoms with E-state index < -0.39 is 11.8 Å². The van der Waals surface area contributed by atoms with Crippen LogP contribution in [0.2, 0.25) is 0 Å². The second kappa shape index (κ2) is 6.89. The van der Waals surface area contributed by atoms with E-state index in [2.05, 4.69) is 0 Å². The normalized spacial score (nSPS) is 12.2. The fourth-order valence-electron chi connectivity index (χ4n) is 1.95. The summed E-state index contributed by atoms with van der Waals surface area (Å²) in [4.78, 5) is 25.0. The number of amides is 2. The van der Waals surface area contributed by atoms with Gasteiger partial charge in [0.15, 0.2) is 0 Å². The summed E-state index contributed by atoms with van der Waals surface area (Å²) in [6, 6.07) is 9.22. The van der Waals surface area contributed by atoms with Gasteiger partial charge < -0.3 is 16.4 Å². The Bertz CT molecular complexity index is 432. The summed E-state index contributed by atoms with van der Waals surface area (Å²) >= 11 is 0. The van der Waals surface area contributed by atoms with E-state index in [0.717, 1.165) is 5.56 Å². The number of hydrogen-bond donors (Lipinski definition) is 2. The number of nitrogens with zero attached hydrogens (tertiary/aromatic N) is 1. The van der Waals surface area contributed by atoms with Crippen molar-refractivity contribution in [3.63, 3.8) is 0 Å². The minimum atomic E-state index is -0.522. The summed E-state index contributed by atoms with van der Waals surface area (Å²) in [5.74, 6) is -1.13. The predicted octanol–water partition coefficient (Wildman–Crippen LogP) is 0.451. The quantitative estimate of drug-likeness (QED) is 0.781. The molecule has 5 heteroatoms. The van der Waals surface area contributed by atoms with Crippen molar-refractivity contribution in [1.82, 2.24) is 4.90 Å². The van der Waals surface area contributed by atoms with Crippen LogP contribution in [0, 0.1) is 0 Å². The van der Waals surface area contributed by atoms with Gasteiger partial charge in [-0.15, -0.1) is 0 Å². The van der Waals surface area contributed by atoms with Crippen molar-refractivity contribution in [2.45, 2.75) is 25.8 Å². The van der Waals surface area contributed by atoms with E-state index in [9.17, 15) is 9.59 Å². The van der Waals surface area contributed by atoms with E-state index >= 15 is 0 Å². The molecule has 0 saturated heterocycles. The first kappa shape index (κ1) is 15.2. The number of carbonyl (C=O) groups excluding carboxylic acids is 2. The van der Waals surface area contributed by atoms with Crippen LogP contribution in [0.25, 0.3) is 0 Å². The molecular weight excluding hydrogens is 242 g/mol. The van der Waals surface area contributed by atoms with E-state index in [0.29, 0.717) is 0 Å². The summed E-state index contributed by atoms with van der Waals surface area (Å²) in [6.45, 7) is 3.81. The largest absolute Gasteiger partial charge is 0.368 e. The van der Waals surface area contributed by atoms with Crippen LogP contribution in [0.5, 0.6) is 0 Å². The predicted molar refractivity (Wildman–Crippen MR) is 74.3 cm³/mol. The molecule has 1 aromatic carbocycles. The molecule has 1 aromatic rings. The molecule has 0 aromatic heterocycles. The molecule has 104 valence electrons. The zero-order chi connectivity index (χ0) is 14.4. The molecule has 0 heterocycles. The number of benzene rings is 1. The molecule has 4 N–H and O–H groups in total. The molecule has 1 atom stereocenters. The molecule has 2 amide bonds. The Kier molecular flexibility index (Phi) is 5.51. The third kappa shape index (κ3) is 4.06. The molecule has 1 rings (SSSR count). The topological polar surface area (TPSA) is 89.4 Å². The minimum Gasteiger partial charge on any atom is -0.368 e. The van der Waals surface area contributed by atoms with Gasteiger partial charge in [-0.25, -0.2) is 0 Å². The number of rotatable bonds is 6. The molecule has 0 radical (unpaired) electrons. The average Bonchev–Trinajstić information content (AvgIpc) is 2.37. The number of primary amides is 1. The summed E-state index contributed by atoms with van der Waals surface area (Å²) in [5, 5.41) is 0. The van der Waals surface area contributed by atoms with Gasteiger partial charge in [-0.2, -0.15) is 0 Å². The minimum absolute atomic E-state index is 0.0835. The summed E-state index contributed by atoms with van der Waals surface area (Å²) in [7, 11) is 0. The van der Waals surface area contributed by atoms with Gasteiger partial charge in [0.25, 0.3) is 0 Å². The highest BCUT2D eigenvalue weighted by atomic mass is 16.2. The molecule has 0 saturated carbocycles. The Morgan fingerprint density at radius 2 is 1.79 bits per heavy atom. The first-order chi connectivity index (χ1) is 8.97. The van der Waals surface area contributed by atoms with Crippen molar-refractivity contribution >= 4 is 11.8 Å². The molecule has 0 aliphatic carbocycles. The Hall–Kier alpha value is -1.88. The van der Waals surface area contributed by atoms with Crippen molar-refractivity contribution in [1.29, 1.82) is 0 Å². The maximum absolute atomic E-state index is 12.5. The molecule has 0 aliphatic rings. The lowest BCUT2D eigenvalue weighted by Crippen LogP contribution is -2.46. The Labute approximate surface area is 113 Å². The second-order valence-corrected chi connectivity index (χ2v) is 4.73. The van der Waals surface area contributed by atoms with E-state index in [-0.39, 0.29) is 25.0 Å². The van der Waals surface area contributed by atoms with Crippen LogP contribution in [0.1, 0.15) is 25.3 Å². The first-order valence-corrected chi connectivity index (χ1v) is 6.31. The number of carbonyl (C=O) groups is 2. The zero-order valence-electron chi connectivity index (χ0n) is 11.4. The summed E-state index contributed by atoms with van der Waals surface area (Å²) in [6.07, 6.45) is 0.